The molecule has 1 aliphatic rings. The number of carbonyl (C=O) groups is 1. The van der Waals surface area contributed by atoms with Crippen LogP contribution in [0.25, 0.3) is 0 Å². The molecule has 76 valence electrons. The molecule has 1 aliphatic carbocycles. The smallest absolute Gasteiger partial charge is 0.139 e. The minimum atomic E-state index is 0.409. The predicted octanol–water partition coefficient (Wildman–Crippen LogP) is 3.57. The summed E-state index contributed by atoms with van der Waals surface area (Å²) in [4.78, 5) is 11.7. The van der Waals surface area contributed by atoms with E-state index in [0.29, 0.717) is 17.6 Å². The van der Waals surface area contributed by atoms with Gasteiger partial charge in [-0.15, -0.1) is 0 Å². The molecule has 0 radical (unpaired) electrons. The minimum Gasteiger partial charge on any atom is -0.299 e. The van der Waals surface area contributed by atoms with Gasteiger partial charge in [0, 0.05) is 11.8 Å². The van der Waals surface area contributed by atoms with E-state index in [9.17, 15) is 4.79 Å². The van der Waals surface area contributed by atoms with Gasteiger partial charge in [0.05, 0.1) is 0 Å². The van der Waals surface area contributed by atoms with E-state index in [-0.39, 0.29) is 0 Å². The van der Waals surface area contributed by atoms with Crippen molar-refractivity contribution in [1.29, 1.82) is 0 Å². The van der Waals surface area contributed by atoms with Crippen LogP contribution in [0.4, 0.5) is 0 Å². The molecule has 1 heteroatoms. The van der Waals surface area contributed by atoms with Gasteiger partial charge in [-0.05, 0) is 25.7 Å². The summed E-state index contributed by atoms with van der Waals surface area (Å²) in [5.41, 5.74) is 0. The number of ketones is 1. The molecule has 1 saturated carbocycles. The highest BCUT2D eigenvalue weighted by atomic mass is 16.1. The first-order valence-corrected chi connectivity index (χ1v) is 5.83. The summed E-state index contributed by atoms with van der Waals surface area (Å²) in [5, 5.41) is 0. The number of Topliss-reactive ketones (excluding diaryl/α,β-unsaturated/α-hetero) is 1. The molecule has 2 atom stereocenters. The van der Waals surface area contributed by atoms with Crippen LogP contribution in [0, 0.1) is 11.8 Å². The second kappa shape index (κ2) is 5.41. The Morgan fingerprint density at radius 2 is 1.85 bits per heavy atom. The van der Waals surface area contributed by atoms with Gasteiger partial charge in [0.2, 0.25) is 0 Å². The standard InChI is InChI=1S/C12H22O/c1-3-5-6-7-11-9-8-10(4-2)12(11)13/h10-11H,3-9H2,1-2H3. The molecule has 0 saturated heterocycles. The van der Waals surface area contributed by atoms with Crippen LogP contribution >= 0.6 is 0 Å². The lowest BCUT2D eigenvalue weighted by Crippen LogP contribution is -2.13. The molecule has 2 unspecified atom stereocenters. The number of hydrogen-bond acceptors (Lipinski definition) is 1. The molecule has 0 aliphatic heterocycles. The van der Waals surface area contributed by atoms with Crippen LogP contribution < -0.4 is 0 Å². The Hall–Kier alpha value is -0.330. The zero-order chi connectivity index (χ0) is 9.68. The molecule has 13 heavy (non-hydrogen) atoms. The Bertz CT molecular complexity index is 163. The molecule has 1 nitrogen and oxygen atoms in total. The molecule has 0 amide bonds. The van der Waals surface area contributed by atoms with E-state index in [1.807, 2.05) is 0 Å². The summed E-state index contributed by atoms with van der Waals surface area (Å²) in [7, 11) is 0. The number of rotatable bonds is 5. The van der Waals surface area contributed by atoms with Crippen molar-refractivity contribution in [3.05, 3.63) is 0 Å². The van der Waals surface area contributed by atoms with Crippen molar-refractivity contribution < 1.29 is 4.79 Å². The monoisotopic (exact) mass is 182 g/mol. The maximum absolute atomic E-state index is 11.7. The van der Waals surface area contributed by atoms with E-state index in [0.717, 1.165) is 19.3 Å². The number of hydrogen-bond donors (Lipinski definition) is 0. The lowest BCUT2D eigenvalue weighted by atomic mass is 9.96. The summed E-state index contributed by atoms with van der Waals surface area (Å²) in [6, 6.07) is 0. The van der Waals surface area contributed by atoms with Gasteiger partial charge in [-0.2, -0.15) is 0 Å². The van der Waals surface area contributed by atoms with E-state index >= 15 is 0 Å². The van der Waals surface area contributed by atoms with Gasteiger partial charge < -0.3 is 0 Å². The molecule has 0 spiro atoms. The van der Waals surface area contributed by atoms with Crippen molar-refractivity contribution in [2.45, 2.75) is 58.8 Å². The Morgan fingerprint density at radius 1 is 1.15 bits per heavy atom. The SMILES string of the molecule is CCCCCC1CCC(CC)C1=O. The minimum absolute atomic E-state index is 0.409. The number of unbranched alkanes of at least 4 members (excludes halogenated alkanes) is 2. The molecule has 0 aromatic carbocycles. The van der Waals surface area contributed by atoms with Crippen LogP contribution in [0.5, 0.6) is 0 Å². The molecule has 0 aromatic heterocycles. The van der Waals surface area contributed by atoms with Gasteiger partial charge in [-0.25, -0.2) is 0 Å². The average molecular weight is 182 g/mol. The topological polar surface area (TPSA) is 17.1 Å². The van der Waals surface area contributed by atoms with Gasteiger partial charge in [0.1, 0.15) is 5.78 Å². The third kappa shape index (κ3) is 2.82. The van der Waals surface area contributed by atoms with Crippen molar-refractivity contribution >= 4 is 5.78 Å². The van der Waals surface area contributed by atoms with Crippen LogP contribution in [0.2, 0.25) is 0 Å². The fourth-order valence-electron chi connectivity index (χ4n) is 2.35. The zero-order valence-corrected chi connectivity index (χ0v) is 9.01. The maximum atomic E-state index is 11.7. The van der Waals surface area contributed by atoms with E-state index in [1.165, 1.54) is 25.7 Å². The summed E-state index contributed by atoms with van der Waals surface area (Å²) < 4.78 is 0. The second-order valence-electron chi connectivity index (χ2n) is 4.28. The van der Waals surface area contributed by atoms with E-state index in [4.69, 9.17) is 0 Å². The van der Waals surface area contributed by atoms with Crippen molar-refractivity contribution in [2.24, 2.45) is 11.8 Å². The van der Waals surface area contributed by atoms with Gasteiger partial charge >= 0.3 is 0 Å². The molecule has 0 bridgehead atoms. The highest BCUT2D eigenvalue weighted by molar-refractivity contribution is 5.85. The van der Waals surface area contributed by atoms with Gasteiger partial charge in [-0.1, -0.05) is 33.1 Å². The van der Waals surface area contributed by atoms with Crippen LogP contribution in [0.15, 0.2) is 0 Å². The maximum Gasteiger partial charge on any atom is 0.139 e. The molecular formula is C12H22O. The normalized spacial score (nSPS) is 28.3. The second-order valence-corrected chi connectivity index (χ2v) is 4.28. The highest BCUT2D eigenvalue weighted by Crippen LogP contribution is 2.32. The summed E-state index contributed by atoms with van der Waals surface area (Å²) in [6.45, 7) is 4.35. The first kappa shape index (κ1) is 10.7. The van der Waals surface area contributed by atoms with Crippen molar-refractivity contribution in [3.63, 3.8) is 0 Å². The number of carbonyl (C=O) groups excluding carboxylic acids is 1. The van der Waals surface area contributed by atoms with Crippen LogP contribution in [-0.4, -0.2) is 5.78 Å². The van der Waals surface area contributed by atoms with Crippen LogP contribution in [-0.2, 0) is 4.79 Å². The molecule has 1 fully saturated rings. The van der Waals surface area contributed by atoms with Gasteiger partial charge in [-0.3, -0.25) is 4.79 Å². The Balaban J connectivity index is 2.24. The van der Waals surface area contributed by atoms with E-state index < -0.39 is 0 Å². The first-order valence-electron chi connectivity index (χ1n) is 5.83. The van der Waals surface area contributed by atoms with E-state index in [1.54, 1.807) is 0 Å². The summed E-state index contributed by atoms with van der Waals surface area (Å²) in [6.07, 6.45) is 8.35. The third-order valence-corrected chi connectivity index (χ3v) is 3.32. The van der Waals surface area contributed by atoms with Crippen LogP contribution in [0.1, 0.15) is 58.8 Å². The Labute approximate surface area is 81.9 Å². The van der Waals surface area contributed by atoms with Crippen LogP contribution in [0.3, 0.4) is 0 Å². The largest absolute Gasteiger partial charge is 0.299 e. The van der Waals surface area contributed by atoms with E-state index in [2.05, 4.69) is 13.8 Å². The fourth-order valence-corrected chi connectivity index (χ4v) is 2.35. The lowest BCUT2D eigenvalue weighted by Gasteiger charge is -2.08. The highest BCUT2D eigenvalue weighted by Gasteiger charge is 2.31. The summed E-state index contributed by atoms with van der Waals surface area (Å²) in [5.74, 6) is 1.40. The lowest BCUT2D eigenvalue weighted by molar-refractivity contribution is -0.124. The molecule has 0 heterocycles. The third-order valence-electron chi connectivity index (χ3n) is 3.32. The molecule has 1 rings (SSSR count). The Morgan fingerprint density at radius 3 is 2.38 bits per heavy atom. The Kier molecular flexibility index (Phi) is 4.47. The zero-order valence-electron chi connectivity index (χ0n) is 9.01. The first-order chi connectivity index (χ1) is 6.29. The predicted molar refractivity (Wildman–Crippen MR) is 55.7 cm³/mol. The van der Waals surface area contributed by atoms with Crippen molar-refractivity contribution in [3.8, 4) is 0 Å². The van der Waals surface area contributed by atoms with Crippen molar-refractivity contribution in [2.75, 3.05) is 0 Å². The molecule has 0 aromatic rings. The molecular weight excluding hydrogens is 160 g/mol. The van der Waals surface area contributed by atoms with Gasteiger partial charge in [0.15, 0.2) is 0 Å². The fraction of sp³-hybridized carbons (Fsp3) is 0.917. The quantitative estimate of drug-likeness (QED) is 0.594. The average Bonchev–Trinajstić information content (AvgIpc) is 2.48. The summed E-state index contributed by atoms with van der Waals surface area (Å²) >= 11 is 0. The van der Waals surface area contributed by atoms with Gasteiger partial charge in [0.25, 0.3) is 0 Å². The van der Waals surface area contributed by atoms with Crippen molar-refractivity contribution in [1.82, 2.24) is 0 Å². The molecule has 0 N–H and O–H groups in total.